The molecule has 3 atom stereocenters. The fraction of sp³-hybridized carbons (Fsp3) is 0.316. The quantitative estimate of drug-likeness (QED) is 0.658. The van der Waals surface area contributed by atoms with Gasteiger partial charge in [-0.1, -0.05) is 30.3 Å². The first-order valence-corrected chi connectivity index (χ1v) is 7.89. The zero-order valence-corrected chi connectivity index (χ0v) is 13.0. The number of aliphatic imine (C=N–C) groups is 1. The summed E-state index contributed by atoms with van der Waals surface area (Å²) in [5, 5.41) is 3.22. The Hall–Kier alpha value is -2.29. The van der Waals surface area contributed by atoms with Crippen LogP contribution in [-0.4, -0.2) is 12.0 Å². The first-order chi connectivity index (χ1) is 10.6. The number of benzene rings is 2. The third-order valence-corrected chi connectivity index (χ3v) is 5.06. The van der Waals surface area contributed by atoms with Crippen molar-refractivity contribution in [3.8, 4) is 0 Å². The lowest BCUT2D eigenvalue weighted by Crippen LogP contribution is -2.23. The largest absolute Gasteiger partial charge is 0.370 e. The van der Waals surface area contributed by atoms with Gasteiger partial charge >= 0.3 is 0 Å². The highest BCUT2D eigenvalue weighted by molar-refractivity contribution is 5.92. The molecule has 0 heterocycles. The van der Waals surface area contributed by atoms with Gasteiger partial charge in [0.05, 0.1) is 6.04 Å². The molecule has 0 aromatic heterocycles. The standard InChI is InChI=1S/C19H21N3/c1-11-7-8-14(9-12(11)2)21-19(20)22-18-16-10-13-5-3-4-6-15(13)17(16)18/h3-9,16-18H,10H2,1-2H3,(H3,20,21,22). The van der Waals surface area contributed by atoms with E-state index in [-0.39, 0.29) is 0 Å². The third kappa shape index (κ3) is 2.17. The van der Waals surface area contributed by atoms with Crippen molar-refractivity contribution in [3.63, 3.8) is 0 Å². The molecule has 2 aromatic carbocycles. The van der Waals surface area contributed by atoms with Gasteiger partial charge in [0.1, 0.15) is 0 Å². The number of aryl methyl sites for hydroxylation is 2. The number of nitrogens with two attached hydrogens (primary N) is 1. The molecule has 0 radical (unpaired) electrons. The Morgan fingerprint density at radius 1 is 1.14 bits per heavy atom. The van der Waals surface area contributed by atoms with Crippen molar-refractivity contribution in [2.75, 3.05) is 5.32 Å². The molecule has 1 saturated carbocycles. The Morgan fingerprint density at radius 3 is 2.77 bits per heavy atom. The molecule has 3 N–H and O–H groups in total. The van der Waals surface area contributed by atoms with Crippen molar-refractivity contribution in [2.45, 2.75) is 32.2 Å². The van der Waals surface area contributed by atoms with Gasteiger partial charge in [0.15, 0.2) is 5.96 Å². The molecular weight excluding hydrogens is 270 g/mol. The Labute approximate surface area is 131 Å². The summed E-state index contributed by atoms with van der Waals surface area (Å²) in [6, 6.07) is 15.3. The molecule has 0 amide bonds. The molecule has 3 heteroatoms. The van der Waals surface area contributed by atoms with Gasteiger partial charge in [0.25, 0.3) is 0 Å². The van der Waals surface area contributed by atoms with Gasteiger partial charge in [0.2, 0.25) is 0 Å². The minimum Gasteiger partial charge on any atom is -0.370 e. The lowest BCUT2D eigenvalue weighted by atomic mass is 10.1. The number of hydrogen-bond donors (Lipinski definition) is 2. The molecule has 0 bridgehead atoms. The lowest BCUT2D eigenvalue weighted by molar-refractivity contribution is 0.801. The summed E-state index contributed by atoms with van der Waals surface area (Å²) in [5.41, 5.74) is 12.6. The lowest BCUT2D eigenvalue weighted by Gasteiger charge is -2.09. The molecule has 2 aliphatic rings. The second-order valence-corrected chi connectivity index (χ2v) is 6.52. The smallest absolute Gasteiger partial charge is 0.193 e. The van der Waals surface area contributed by atoms with E-state index in [1.54, 1.807) is 0 Å². The van der Waals surface area contributed by atoms with Crippen LogP contribution in [0.1, 0.15) is 28.2 Å². The first-order valence-electron chi connectivity index (χ1n) is 7.89. The third-order valence-electron chi connectivity index (χ3n) is 5.06. The van der Waals surface area contributed by atoms with Crippen LogP contribution >= 0.6 is 0 Å². The number of fused-ring (bicyclic) bond motifs is 3. The van der Waals surface area contributed by atoms with E-state index in [1.165, 1.54) is 22.3 Å². The van der Waals surface area contributed by atoms with Crippen LogP contribution < -0.4 is 11.1 Å². The number of guanidine groups is 1. The van der Waals surface area contributed by atoms with Crippen LogP contribution in [0.4, 0.5) is 5.69 Å². The van der Waals surface area contributed by atoms with Gasteiger partial charge in [0, 0.05) is 11.6 Å². The monoisotopic (exact) mass is 291 g/mol. The van der Waals surface area contributed by atoms with E-state index in [1.807, 2.05) is 6.07 Å². The van der Waals surface area contributed by atoms with E-state index in [4.69, 9.17) is 10.7 Å². The molecule has 0 spiro atoms. The second kappa shape index (κ2) is 4.87. The molecule has 1 fully saturated rings. The molecule has 2 aromatic rings. The second-order valence-electron chi connectivity index (χ2n) is 6.52. The minimum absolute atomic E-state index is 0.356. The van der Waals surface area contributed by atoms with Crippen LogP contribution in [0.3, 0.4) is 0 Å². The Kier molecular flexibility index (Phi) is 2.96. The predicted octanol–water partition coefficient (Wildman–Crippen LogP) is 3.37. The Morgan fingerprint density at radius 2 is 1.95 bits per heavy atom. The summed E-state index contributed by atoms with van der Waals surface area (Å²) in [6.45, 7) is 4.22. The molecule has 112 valence electrons. The maximum Gasteiger partial charge on any atom is 0.193 e. The van der Waals surface area contributed by atoms with Gasteiger partial charge in [-0.25, -0.2) is 4.99 Å². The van der Waals surface area contributed by atoms with Crippen molar-refractivity contribution in [1.82, 2.24) is 0 Å². The maximum absolute atomic E-state index is 6.10. The molecule has 3 unspecified atom stereocenters. The Bertz CT molecular complexity index is 763. The normalized spacial score (nSPS) is 25.5. The highest BCUT2D eigenvalue weighted by atomic mass is 15.1. The Balaban J connectivity index is 1.48. The molecule has 2 aliphatic carbocycles. The highest BCUT2D eigenvalue weighted by Crippen LogP contribution is 2.58. The average Bonchev–Trinajstić information content (AvgIpc) is 3.00. The van der Waals surface area contributed by atoms with E-state index < -0.39 is 0 Å². The molecule has 4 rings (SSSR count). The van der Waals surface area contributed by atoms with Gasteiger partial charge in [-0.05, 0) is 60.6 Å². The van der Waals surface area contributed by atoms with Crippen molar-refractivity contribution in [2.24, 2.45) is 16.6 Å². The van der Waals surface area contributed by atoms with Gasteiger partial charge < -0.3 is 11.1 Å². The maximum atomic E-state index is 6.10. The van der Waals surface area contributed by atoms with Crippen molar-refractivity contribution >= 4 is 11.6 Å². The molecule has 22 heavy (non-hydrogen) atoms. The zero-order valence-electron chi connectivity index (χ0n) is 13.0. The number of anilines is 1. The van der Waals surface area contributed by atoms with E-state index in [9.17, 15) is 0 Å². The van der Waals surface area contributed by atoms with Crippen LogP contribution in [0.5, 0.6) is 0 Å². The fourth-order valence-corrected chi connectivity index (χ4v) is 3.65. The molecule has 0 saturated heterocycles. The van der Waals surface area contributed by atoms with E-state index in [0.29, 0.717) is 23.8 Å². The summed E-state index contributed by atoms with van der Waals surface area (Å²) in [5.74, 6) is 1.76. The summed E-state index contributed by atoms with van der Waals surface area (Å²) in [7, 11) is 0. The number of nitrogens with zero attached hydrogens (tertiary/aromatic N) is 1. The highest BCUT2D eigenvalue weighted by Gasteiger charge is 2.55. The topological polar surface area (TPSA) is 50.4 Å². The molecule has 0 aliphatic heterocycles. The first kappa shape index (κ1) is 13.4. The molecule has 3 nitrogen and oxygen atoms in total. The van der Waals surface area contributed by atoms with Crippen molar-refractivity contribution in [3.05, 3.63) is 64.7 Å². The number of nitrogens with one attached hydrogen (secondary N) is 1. The summed E-state index contributed by atoms with van der Waals surface area (Å²) in [4.78, 5) is 4.70. The van der Waals surface area contributed by atoms with E-state index in [0.717, 1.165) is 12.1 Å². The van der Waals surface area contributed by atoms with Crippen LogP contribution in [-0.2, 0) is 6.42 Å². The fourth-order valence-electron chi connectivity index (χ4n) is 3.65. The van der Waals surface area contributed by atoms with Gasteiger partial charge in [-0.3, -0.25) is 0 Å². The summed E-state index contributed by atoms with van der Waals surface area (Å²) < 4.78 is 0. The average molecular weight is 291 g/mol. The van der Waals surface area contributed by atoms with Crippen LogP contribution in [0.25, 0.3) is 0 Å². The van der Waals surface area contributed by atoms with E-state index in [2.05, 4.69) is 55.6 Å². The number of hydrogen-bond acceptors (Lipinski definition) is 1. The SMILES string of the molecule is Cc1ccc(NC(N)=NC2C3Cc4ccccc4C32)cc1C. The zero-order chi connectivity index (χ0) is 15.3. The molecular formula is C19H21N3. The van der Waals surface area contributed by atoms with Crippen LogP contribution in [0.2, 0.25) is 0 Å². The van der Waals surface area contributed by atoms with Crippen LogP contribution in [0.15, 0.2) is 47.5 Å². The van der Waals surface area contributed by atoms with Crippen LogP contribution in [0, 0.1) is 19.8 Å². The summed E-state index contributed by atoms with van der Waals surface area (Å²) in [6.07, 6.45) is 1.14. The predicted molar refractivity (Wildman–Crippen MR) is 91.3 cm³/mol. The van der Waals surface area contributed by atoms with E-state index >= 15 is 0 Å². The summed E-state index contributed by atoms with van der Waals surface area (Å²) >= 11 is 0. The van der Waals surface area contributed by atoms with Gasteiger partial charge in [-0.15, -0.1) is 0 Å². The number of rotatable bonds is 2. The van der Waals surface area contributed by atoms with Gasteiger partial charge in [-0.2, -0.15) is 0 Å². The minimum atomic E-state index is 0.356. The van der Waals surface area contributed by atoms with Crippen molar-refractivity contribution < 1.29 is 0 Å². The van der Waals surface area contributed by atoms with Crippen molar-refractivity contribution in [1.29, 1.82) is 0 Å².